The molecular weight excluding hydrogens is 293 g/mol. The second-order valence-corrected chi connectivity index (χ2v) is 4.58. The van der Waals surface area contributed by atoms with Crippen molar-refractivity contribution in [3.05, 3.63) is 40.9 Å². The number of alkyl halides is 3. The van der Waals surface area contributed by atoms with Crippen molar-refractivity contribution >= 4 is 22.4 Å². The summed E-state index contributed by atoms with van der Waals surface area (Å²) in [6, 6.07) is 6.18. The molecule has 0 atom stereocenters. The maximum absolute atomic E-state index is 12.4. The number of amides is 1. The molecule has 1 heterocycles. The topological polar surface area (TPSA) is 51.2 Å². The minimum Gasteiger partial charge on any atom is -0.497 e. The Kier molecular flexibility index (Phi) is 3.93. The number of nitrogens with zero attached hydrogens (tertiary/aromatic N) is 1. The van der Waals surface area contributed by atoms with Crippen molar-refractivity contribution in [3.63, 3.8) is 0 Å². The lowest BCUT2D eigenvalue weighted by Gasteiger charge is -2.03. The summed E-state index contributed by atoms with van der Waals surface area (Å²) in [7, 11) is 1.49. The van der Waals surface area contributed by atoms with Gasteiger partial charge in [-0.05, 0) is 24.3 Å². The predicted octanol–water partition coefficient (Wildman–Crippen LogP) is 3.42. The Balaban J connectivity index is 2.09. The van der Waals surface area contributed by atoms with Gasteiger partial charge in [0.2, 0.25) is 0 Å². The molecule has 4 nitrogen and oxygen atoms in total. The molecular formula is C12H9F3N2O2S. The first kappa shape index (κ1) is 14.3. The van der Waals surface area contributed by atoms with Crippen molar-refractivity contribution in [2.24, 2.45) is 0 Å². The van der Waals surface area contributed by atoms with E-state index in [0.717, 1.165) is 16.7 Å². The molecule has 0 saturated carbocycles. The van der Waals surface area contributed by atoms with Crippen molar-refractivity contribution in [1.29, 1.82) is 0 Å². The fourth-order valence-electron chi connectivity index (χ4n) is 1.37. The number of anilines is 1. The molecule has 0 radical (unpaired) electrons. The number of hydrogen-bond donors (Lipinski definition) is 1. The summed E-state index contributed by atoms with van der Waals surface area (Å²) in [6.07, 6.45) is -4.51. The Morgan fingerprint density at radius 3 is 2.45 bits per heavy atom. The summed E-state index contributed by atoms with van der Waals surface area (Å²) in [6.45, 7) is 0. The first-order valence-electron chi connectivity index (χ1n) is 5.38. The van der Waals surface area contributed by atoms with Crippen molar-refractivity contribution in [2.75, 3.05) is 12.4 Å². The molecule has 1 aromatic heterocycles. The Bertz CT molecular complexity index is 608. The lowest BCUT2D eigenvalue weighted by atomic mass is 10.2. The molecule has 106 valence electrons. The monoisotopic (exact) mass is 302 g/mol. The third-order valence-corrected chi connectivity index (χ3v) is 3.13. The number of nitrogens with one attached hydrogen (secondary N) is 1. The zero-order valence-electron chi connectivity index (χ0n) is 10.2. The summed E-state index contributed by atoms with van der Waals surface area (Å²) < 4.78 is 42.0. The van der Waals surface area contributed by atoms with E-state index >= 15 is 0 Å². The van der Waals surface area contributed by atoms with Gasteiger partial charge in [0.25, 0.3) is 5.91 Å². The van der Waals surface area contributed by atoms with E-state index in [-0.39, 0.29) is 5.13 Å². The number of carbonyl (C=O) groups excluding carboxylic acids is 1. The molecule has 0 bridgehead atoms. The minimum atomic E-state index is -4.51. The van der Waals surface area contributed by atoms with Gasteiger partial charge in [-0.25, -0.2) is 4.98 Å². The van der Waals surface area contributed by atoms with Gasteiger partial charge in [0.05, 0.1) is 7.11 Å². The predicted molar refractivity (Wildman–Crippen MR) is 68.1 cm³/mol. The lowest BCUT2D eigenvalue weighted by molar-refractivity contribution is -0.140. The van der Waals surface area contributed by atoms with Gasteiger partial charge in [-0.15, -0.1) is 11.3 Å². The molecule has 1 N–H and O–H groups in total. The fraction of sp³-hybridized carbons (Fsp3) is 0.167. The Labute approximate surface area is 116 Å². The number of halogens is 3. The molecule has 0 fully saturated rings. The highest BCUT2D eigenvalue weighted by atomic mass is 32.1. The van der Waals surface area contributed by atoms with E-state index in [1.165, 1.54) is 19.2 Å². The molecule has 0 aliphatic carbocycles. The number of hydrogen-bond acceptors (Lipinski definition) is 4. The molecule has 0 unspecified atom stereocenters. The van der Waals surface area contributed by atoms with Crippen LogP contribution in [0.3, 0.4) is 0 Å². The fourth-order valence-corrected chi connectivity index (χ4v) is 2.09. The number of methoxy groups -OCH3 is 1. The maximum atomic E-state index is 12.4. The quantitative estimate of drug-likeness (QED) is 0.945. The minimum absolute atomic E-state index is 0.0989. The molecule has 1 amide bonds. The number of rotatable bonds is 3. The van der Waals surface area contributed by atoms with E-state index in [4.69, 9.17) is 4.74 Å². The SMILES string of the molecule is COc1ccc(C(=O)Nc2nc(C(F)(F)F)cs2)cc1. The zero-order valence-corrected chi connectivity index (χ0v) is 11.0. The van der Waals surface area contributed by atoms with Gasteiger partial charge in [0.15, 0.2) is 10.8 Å². The Hall–Kier alpha value is -2.09. The third kappa shape index (κ3) is 3.27. The van der Waals surface area contributed by atoms with Crippen molar-refractivity contribution in [2.45, 2.75) is 6.18 Å². The second-order valence-electron chi connectivity index (χ2n) is 3.72. The highest BCUT2D eigenvalue weighted by Gasteiger charge is 2.33. The molecule has 0 aliphatic heterocycles. The number of thiazole rings is 1. The van der Waals surface area contributed by atoms with Crippen LogP contribution in [0.1, 0.15) is 16.1 Å². The second kappa shape index (κ2) is 5.49. The van der Waals surface area contributed by atoms with Crippen LogP contribution in [-0.2, 0) is 6.18 Å². The van der Waals surface area contributed by atoms with Crippen molar-refractivity contribution < 1.29 is 22.7 Å². The number of benzene rings is 1. The van der Waals surface area contributed by atoms with E-state index in [1.54, 1.807) is 12.1 Å². The van der Waals surface area contributed by atoms with E-state index < -0.39 is 17.8 Å². The number of aromatic nitrogens is 1. The number of carbonyl (C=O) groups is 1. The standard InChI is InChI=1S/C12H9F3N2O2S/c1-19-8-4-2-7(3-5-8)10(18)17-11-16-9(6-20-11)12(13,14)15/h2-6H,1H3,(H,16,17,18). The Morgan fingerprint density at radius 2 is 1.95 bits per heavy atom. The van der Waals surface area contributed by atoms with Gasteiger partial charge >= 0.3 is 6.18 Å². The molecule has 0 saturated heterocycles. The average Bonchev–Trinajstić information content (AvgIpc) is 2.87. The van der Waals surface area contributed by atoms with E-state index in [2.05, 4.69) is 10.3 Å². The Morgan fingerprint density at radius 1 is 1.30 bits per heavy atom. The van der Waals surface area contributed by atoms with Crippen LogP contribution >= 0.6 is 11.3 Å². The summed E-state index contributed by atoms with van der Waals surface area (Å²) in [5.74, 6) is 0.0471. The molecule has 0 spiro atoms. The first-order valence-corrected chi connectivity index (χ1v) is 6.26. The summed E-state index contributed by atoms with van der Waals surface area (Å²) in [5, 5.41) is 3.07. The average molecular weight is 302 g/mol. The van der Waals surface area contributed by atoms with Crippen molar-refractivity contribution in [3.8, 4) is 5.75 Å². The van der Waals surface area contributed by atoms with Crippen LogP contribution in [0.5, 0.6) is 5.75 Å². The lowest BCUT2D eigenvalue weighted by Crippen LogP contribution is -2.12. The summed E-state index contributed by atoms with van der Waals surface area (Å²) in [4.78, 5) is 15.1. The zero-order chi connectivity index (χ0) is 14.8. The van der Waals surface area contributed by atoms with Crippen LogP contribution in [0, 0.1) is 0 Å². The van der Waals surface area contributed by atoms with Crippen LogP contribution in [0.25, 0.3) is 0 Å². The normalized spacial score (nSPS) is 11.2. The van der Waals surface area contributed by atoms with Crippen molar-refractivity contribution in [1.82, 2.24) is 4.98 Å². The smallest absolute Gasteiger partial charge is 0.434 e. The highest BCUT2D eigenvalue weighted by molar-refractivity contribution is 7.14. The molecule has 2 rings (SSSR count). The van der Waals surface area contributed by atoms with Crippen LogP contribution in [-0.4, -0.2) is 18.0 Å². The largest absolute Gasteiger partial charge is 0.497 e. The van der Waals surface area contributed by atoms with Crippen LogP contribution in [0.15, 0.2) is 29.6 Å². The van der Waals surface area contributed by atoms with Gasteiger partial charge in [-0.2, -0.15) is 13.2 Å². The van der Waals surface area contributed by atoms with Gasteiger partial charge in [-0.1, -0.05) is 0 Å². The molecule has 2 aromatic rings. The van der Waals surface area contributed by atoms with E-state index in [1.807, 2.05) is 0 Å². The van der Waals surface area contributed by atoms with E-state index in [9.17, 15) is 18.0 Å². The molecule has 0 aliphatic rings. The van der Waals surface area contributed by atoms with E-state index in [0.29, 0.717) is 11.3 Å². The molecule has 8 heteroatoms. The summed E-state index contributed by atoms with van der Waals surface area (Å²) >= 11 is 0.719. The van der Waals surface area contributed by atoms with Crippen LogP contribution in [0.2, 0.25) is 0 Å². The first-order chi connectivity index (χ1) is 9.40. The number of ether oxygens (including phenoxy) is 1. The van der Waals surface area contributed by atoms with Crippen LogP contribution < -0.4 is 10.1 Å². The van der Waals surface area contributed by atoms with Gasteiger partial charge in [-0.3, -0.25) is 10.1 Å². The third-order valence-electron chi connectivity index (χ3n) is 2.37. The van der Waals surface area contributed by atoms with Gasteiger partial charge < -0.3 is 4.74 Å². The molecule has 20 heavy (non-hydrogen) atoms. The summed E-state index contributed by atoms with van der Waals surface area (Å²) in [5.41, 5.74) is -0.720. The molecule has 1 aromatic carbocycles. The van der Waals surface area contributed by atoms with Crippen LogP contribution in [0.4, 0.5) is 18.3 Å². The highest BCUT2D eigenvalue weighted by Crippen LogP contribution is 2.31. The van der Waals surface area contributed by atoms with Gasteiger partial charge in [0.1, 0.15) is 5.75 Å². The van der Waals surface area contributed by atoms with Gasteiger partial charge in [0, 0.05) is 10.9 Å². The maximum Gasteiger partial charge on any atom is 0.434 e.